The highest BCUT2D eigenvalue weighted by molar-refractivity contribution is 9.11. The fourth-order valence-corrected chi connectivity index (χ4v) is 2.97. The maximum atomic E-state index is 11.4. The maximum Gasteiger partial charge on any atom is 0.338 e. The van der Waals surface area contributed by atoms with Gasteiger partial charge in [-0.15, -0.1) is 11.3 Å². The summed E-state index contributed by atoms with van der Waals surface area (Å²) < 4.78 is 11.4. The average molecular weight is 291 g/mol. The van der Waals surface area contributed by atoms with E-state index >= 15 is 0 Å². The number of carbonyl (C=O) groups excluding carboxylic acids is 1. The first-order chi connectivity index (χ1) is 7.08. The van der Waals surface area contributed by atoms with Gasteiger partial charge in [0.1, 0.15) is 5.60 Å². The summed E-state index contributed by atoms with van der Waals surface area (Å²) in [5.74, 6) is -0.274. The predicted molar refractivity (Wildman–Crippen MR) is 60.9 cm³/mol. The molecular weight excluding hydrogens is 280 g/mol. The van der Waals surface area contributed by atoms with E-state index in [4.69, 9.17) is 9.47 Å². The van der Waals surface area contributed by atoms with Gasteiger partial charge >= 0.3 is 5.97 Å². The fraction of sp³-hybridized carbons (Fsp3) is 0.500. The molecule has 0 N–H and O–H groups in total. The molecule has 1 aromatic heterocycles. The molecule has 1 fully saturated rings. The number of carbonyl (C=O) groups is 1. The molecule has 15 heavy (non-hydrogen) atoms. The SMILES string of the molecule is CCOC(=O)C1OC1(C)c1ccc(Br)s1. The van der Waals surface area contributed by atoms with Gasteiger partial charge in [-0.2, -0.15) is 0 Å². The van der Waals surface area contributed by atoms with E-state index in [1.807, 2.05) is 19.1 Å². The van der Waals surface area contributed by atoms with E-state index in [-0.39, 0.29) is 5.97 Å². The van der Waals surface area contributed by atoms with Crippen molar-refractivity contribution in [3.05, 3.63) is 20.8 Å². The Morgan fingerprint density at radius 2 is 2.47 bits per heavy atom. The zero-order valence-corrected chi connectivity index (χ0v) is 10.9. The van der Waals surface area contributed by atoms with Crippen molar-refractivity contribution in [1.29, 1.82) is 0 Å². The summed E-state index contributed by atoms with van der Waals surface area (Å²) in [5, 5.41) is 0. The first-order valence-corrected chi connectivity index (χ1v) is 6.29. The third kappa shape index (κ3) is 1.96. The van der Waals surface area contributed by atoms with Gasteiger partial charge in [-0.05, 0) is 41.9 Å². The van der Waals surface area contributed by atoms with Crippen LogP contribution < -0.4 is 0 Å². The number of ether oxygens (including phenoxy) is 2. The molecule has 0 spiro atoms. The molecule has 1 saturated heterocycles. The van der Waals surface area contributed by atoms with Crippen molar-refractivity contribution >= 4 is 33.2 Å². The summed E-state index contributed by atoms with van der Waals surface area (Å²) in [6.45, 7) is 4.09. The topological polar surface area (TPSA) is 38.8 Å². The van der Waals surface area contributed by atoms with Crippen LogP contribution in [0.25, 0.3) is 0 Å². The predicted octanol–water partition coefficient (Wildman–Crippen LogP) is 2.69. The first-order valence-electron chi connectivity index (χ1n) is 4.68. The average Bonchev–Trinajstić information content (AvgIpc) is 2.67. The molecule has 1 aliphatic rings. The highest BCUT2D eigenvalue weighted by atomic mass is 79.9. The molecule has 2 atom stereocenters. The van der Waals surface area contributed by atoms with Crippen LogP contribution in [0.4, 0.5) is 0 Å². The molecule has 1 aliphatic heterocycles. The Hall–Kier alpha value is -0.390. The lowest BCUT2D eigenvalue weighted by Gasteiger charge is -2.02. The van der Waals surface area contributed by atoms with Gasteiger partial charge in [0.25, 0.3) is 0 Å². The van der Waals surface area contributed by atoms with E-state index in [2.05, 4.69) is 15.9 Å². The van der Waals surface area contributed by atoms with E-state index in [1.54, 1.807) is 18.3 Å². The monoisotopic (exact) mass is 290 g/mol. The van der Waals surface area contributed by atoms with Crippen LogP contribution in [0.3, 0.4) is 0 Å². The molecule has 0 radical (unpaired) electrons. The van der Waals surface area contributed by atoms with Crippen molar-refractivity contribution in [3.63, 3.8) is 0 Å². The zero-order valence-electron chi connectivity index (χ0n) is 8.45. The van der Waals surface area contributed by atoms with Crippen LogP contribution in [-0.4, -0.2) is 18.7 Å². The molecule has 0 amide bonds. The molecule has 5 heteroatoms. The number of epoxide rings is 1. The summed E-state index contributed by atoms with van der Waals surface area (Å²) >= 11 is 4.97. The lowest BCUT2D eigenvalue weighted by molar-refractivity contribution is -0.144. The third-order valence-corrected chi connectivity index (χ3v) is 4.21. The van der Waals surface area contributed by atoms with Gasteiger partial charge in [0, 0.05) is 4.88 Å². The Labute approximate surface area is 101 Å². The zero-order chi connectivity index (χ0) is 11.1. The van der Waals surface area contributed by atoms with Crippen LogP contribution in [0.1, 0.15) is 18.7 Å². The van der Waals surface area contributed by atoms with Crippen LogP contribution >= 0.6 is 27.3 Å². The van der Waals surface area contributed by atoms with Crippen LogP contribution in [0, 0.1) is 0 Å². The van der Waals surface area contributed by atoms with Crippen LogP contribution in [0.15, 0.2) is 15.9 Å². The second-order valence-electron chi connectivity index (χ2n) is 3.46. The van der Waals surface area contributed by atoms with Crippen molar-refractivity contribution in [2.75, 3.05) is 6.61 Å². The second kappa shape index (κ2) is 3.88. The van der Waals surface area contributed by atoms with E-state index in [0.29, 0.717) is 6.61 Å². The summed E-state index contributed by atoms with van der Waals surface area (Å²) in [5.41, 5.74) is -0.483. The number of thiophene rings is 1. The minimum atomic E-state index is -0.483. The van der Waals surface area contributed by atoms with Crippen LogP contribution in [0.2, 0.25) is 0 Å². The molecule has 3 nitrogen and oxygen atoms in total. The van der Waals surface area contributed by atoms with Crippen molar-refractivity contribution in [3.8, 4) is 0 Å². The molecule has 0 aromatic carbocycles. The van der Waals surface area contributed by atoms with E-state index in [0.717, 1.165) is 8.66 Å². The van der Waals surface area contributed by atoms with Gasteiger partial charge < -0.3 is 9.47 Å². The molecule has 0 aliphatic carbocycles. The maximum absolute atomic E-state index is 11.4. The molecule has 0 saturated carbocycles. The van der Waals surface area contributed by atoms with Gasteiger partial charge in [0.2, 0.25) is 0 Å². The number of halogens is 1. The Bertz CT molecular complexity index is 390. The van der Waals surface area contributed by atoms with E-state index < -0.39 is 11.7 Å². The van der Waals surface area contributed by atoms with E-state index in [1.165, 1.54) is 0 Å². The van der Waals surface area contributed by atoms with Gasteiger partial charge in [-0.3, -0.25) is 0 Å². The lowest BCUT2D eigenvalue weighted by Crippen LogP contribution is -2.18. The summed E-state index contributed by atoms with van der Waals surface area (Å²) in [6, 6.07) is 3.92. The largest absolute Gasteiger partial charge is 0.464 e. The molecule has 82 valence electrons. The minimum Gasteiger partial charge on any atom is -0.464 e. The second-order valence-corrected chi connectivity index (χ2v) is 5.92. The van der Waals surface area contributed by atoms with Crippen molar-refractivity contribution < 1.29 is 14.3 Å². The van der Waals surface area contributed by atoms with Crippen LogP contribution in [-0.2, 0) is 19.9 Å². The van der Waals surface area contributed by atoms with Crippen LogP contribution in [0.5, 0.6) is 0 Å². The molecule has 1 aromatic rings. The van der Waals surface area contributed by atoms with Crippen molar-refractivity contribution in [2.24, 2.45) is 0 Å². The summed E-state index contributed by atoms with van der Waals surface area (Å²) in [4.78, 5) is 12.5. The smallest absolute Gasteiger partial charge is 0.338 e. The van der Waals surface area contributed by atoms with Crippen molar-refractivity contribution in [1.82, 2.24) is 0 Å². The molecule has 2 unspecified atom stereocenters. The number of rotatable bonds is 3. The molecule has 0 bridgehead atoms. The third-order valence-electron chi connectivity index (χ3n) is 2.37. The Morgan fingerprint density at radius 1 is 1.73 bits per heavy atom. The number of hydrogen-bond donors (Lipinski definition) is 0. The minimum absolute atomic E-state index is 0.274. The normalized spacial score (nSPS) is 28.9. The van der Waals surface area contributed by atoms with Crippen molar-refractivity contribution in [2.45, 2.75) is 25.6 Å². The Balaban J connectivity index is 2.09. The molecule has 2 rings (SSSR count). The Kier molecular flexibility index (Phi) is 2.87. The number of hydrogen-bond acceptors (Lipinski definition) is 4. The Morgan fingerprint density at radius 3 is 3.00 bits per heavy atom. The molecular formula is C10H11BrO3S. The van der Waals surface area contributed by atoms with Gasteiger partial charge in [-0.1, -0.05) is 0 Å². The van der Waals surface area contributed by atoms with E-state index in [9.17, 15) is 4.79 Å². The fourth-order valence-electron chi connectivity index (χ4n) is 1.47. The quantitative estimate of drug-likeness (QED) is 0.635. The molecule has 2 heterocycles. The standard InChI is InChI=1S/C10H11BrO3S/c1-3-13-9(12)8-10(2,14-8)6-4-5-7(11)15-6/h4-5,8H,3H2,1-2H3. The first kappa shape index (κ1) is 11.1. The van der Waals surface area contributed by atoms with Gasteiger partial charge in [0.05, 0.1) is 10.4 Å². The number of esters is 1. The lowest BCUT2D eigenvalue weighted by atomic mass is 10.1. The highest BCUT2D eigenvalue weighted by Crippen LogP contribution is 2.49. The highest BCUT2D eigenvalue weighted by Gasteiger charge is 2.60. The summed E-state index contributed by atoms with van der Waals surface area (Å²) in [6.07, 6.45) is -0.442. The van der Waals surface area contributed by atoms with Gasteiger partial charge in [-0.25, -0.2) is 4.79 Å². The van der Waals surface area contributed by atoms with Gasteiger partial charge in [0.15, 0.2) is 6.10 Å². The summed E-state index contributed by atoms with van der Waals surface area (Å²) in [7, 11) is 0.